The van der Waals surface area contributed by atoms with Crippen LogP contribution < -0.4 is 4.90 Å². The van der Waals surface area contributed by atoms with E-state index in [4.69, 9.17) is 0 Å². The third-order valence-electron chi connectivity index (χ3n) is 3.33. The monoisotopic (exact) mass is 390 g/mol. The number of nitrogens with zero attached hydrogens (tertiary/aromatic N) is 4. The molecule has 0 saturated carbocycles. The minimum Gasteiger partial charge on any atom is -0.378 e. The average molecular weight is 390 g/mol. The summed E-state index contributed by atoms with van der Waals surface area (Å²) in [6.07, 6.45) is 3.75. The minimum atomic E-state index is 0.831. The van der Waals surface area contributed by atoms with Crippen molar-refractivity contribution in [3.63, 3.8) is 0 Å². The van der Waals surface area contributed by atoms with Gasteiger partial charge in [0.15, 0.2) is 5.65 Å². The lowest BCUT2D eigenvalue weighted by Gasteiger charge is -2.11. The molecule has 3 rings (SSSR count). The van der Waals surface area contributed by atoms with Gasteiger partial charge in [-0.1, -0.05) is 24.8 Å². The summed E-state index contributed by atoms with van der Waals surface area (Å²) in [6, 6.07) is 10.3. The Bertz CT molecular complexity index is 803. The first kappa shape index (κ1) is 14.1. The van der Waals surface area contributed by atoms with Crippen LogP contribution in [0.5, 0.6) is 0 Å². The molecule has 0 spiro atoms. The van der Waals surface area contributed by atoms with Crippen molar-refractivity contribution in [3.8, 4) is 11.3 Å². The molecule has 0 N–H and O–H groups in total. The van der Waals surface area contributed by atoms with Crippen molar-refractivity contribution in [2.24, 2.45) is 0 Å². The number of hydrogen-bond donors (Lipinski definition) is 0. The maximum absolute atomic E-state index is 4.64. The number of anilines is 1. The standard InChI is InChI=1S/C16H15IN4/c1-4-11-9-15-18-14(10-21(15)19-16(11)17)12-5-7-13(8-6-12)20(2)3/h4-10H,1H2,2-3H3. The molecule has 0 aliphatic heterocycles. The second-order valence-electron chi connectivity index (χ2n) is 4.96. The predicted molar refractivity (Wildman–Crippen MR) is 95.6 cm³/mol. The fourth-order valence-electron chi connectivity index (χ4n) is 2.13. The van der Waals surface area contributed by atoms with Gasteiger partial charge in [-0.25, -0.2) is 9.50 Å². The second kappa shape index (κ2) is 5.48. The molecule has 106 valence electrons. The Labute approximate surface area is 137 Å². The van der Waals surface area contributed by atoms with Crippen LogP contribution in [0.3, 0.4) is 0 Å². The van der Waals surface area contributed by atoms with Gasteiger partial charge in [-0.05, 0) is 40.8 Å². The maximum Gasteiger partial charge on any atom is 0.154 e. The van der Waals surface area contributed by atoms with Gasteiger partial charge in [0, 0.05) is 30.9 Å². The van der Waals surface area contributed by atoms with Gasteiger partial charge in [-0.2, -0.15) is 5.10 Å². The predicted octanol–water partition coefficient (Wildman–Crippen LogP) is 3.71. The van der Waals surface area contributed by atoms with Gasteiger partial charge in [0.2, 0.25) is 0 Å². The SMILES string of the molecule is C=Cc1cc2nc(-c3ccc(N(C)C)cc3)cn2nc1I. The summed E-state index contributed by atoms with van der Waals surface area (Å²) >= 11 is 2.21. The molecule has 2 heterocycles. The lowest BCUT2D eigenvalue weighted by atomic mass is 10.1. The fraction of sp³-hybridized carbons (Fsp3) is 0.125. The number of halogens is 1. The first-order chi connectivity index (χ1) is 10.1. The first-order valence-corrected chi connectivity index (χ1v) is 7.62. The topological polar surface area (TPSA) is 33.4 Å². The molecule has 5 heteroatoms. The van der Waals surface area contributed by atoms with Gasteiger partial charge in [-0.15, -0.1) is 0 Å². The van der Waals surface area contributed by atoms with Crippen LogP contribution >= 0.6 is 22.6 Å². The molecule has 0 aliphatic carbocycles. The Hall–Kier alpha value is -1.89. The van der Waals surface area contributed by atoms with Crippen LogP contribution in [-0.2, 0) is 0 Å². The van der Waals surface area contributed by atoms with Gasteiger partial charge in [0.1, 0.15) is 3.70 Å². The van der Waals surface area contributed by atoms with Crippen LogP contribution in [0.2, 0.25) is 0 Å². The van der Waals surface area contributed by atoms with E-state index in [0.717, 1.165) is 26.2 Å². The van der Waals surface area contributed by atoms with Crippen molar-refractivity contribution in [2.45, 2.75) is 0 Å². The molecular weight excluding hydrogens is 375 g/mol. The lowest BCUT2D eigenvalue weighted by molar-refractivity contribution is 0.912. The number of aromatic nitrogens is 3. The van der Waals surface area contributed by atoms with E-state index in [-0.39, 0.29) is 0 Å². The molecule has 0 fully saturated rings. The van der Waals surface area contributed by atoms with Gasteiger partial charge in [-0.3, -0.25) is 0 Å². The summed E-state index contributed by atoms with van der Waals surface area (Å²) in [5.74, 6) is 0. The Kier molecular flexibility index (Phi) is 3.67. The highest BCUT2D eigenvalue weighted by molar-refractivity contribution is 14.1. The molecule has 0 amide bonds. The third-order valence-corrected chi connectivity index (χ3v) is 4.17. The van der Waals surface area contributed by atoms with Gasteiger partial charge in [0.25, 0.3) is 0 Å². The highest BCUT2D eigenvalue weighted by atomic mass is 127. The van der Waals surface area contributed by atoms with Crippen molar-refractivity contribution in [1.29, 1.82) is 0 Å². The maximum atomic E-state index is 4.64. The molecule has 21 heavy (non-hydrogen) atoms. The van der Waals surface area contributed by atoms with E-state index in [1.54, 1.807) is 6.08 Å². The van der Waals surface area contributed by atoms with Gasteiger partial charge >= 0.3 is 0 Å². The van der Waals surface area contributed by atoms with Crippen LogP contribution in [-0.4, -0.2) is 28.7 Å². The van der Waals surface area contributed by atoms with Crippen LogP contribution in [0.4, 0.5) is 5.69 Å². The number of imidazole rings is 1. The van der Waals surface area contributed by atoms with E-state index >= 15 is 0 Å². The van der Waals surface area contributed by atoms with Crippen molar-refractivity contribution in [2.75, 3.05) is 19.0 Å². The van der Waals surface area contributed by atoms with Crippen LogP contribution in [0, 0.1) is 3.70 Å². The van der Waals surface area contributed by atoms with Crippen molar-refractivity contribution in [1.82, 2.24) is 14.6 Å². The Morgan fingerprint density at radius 1 is 1.24 bits per heavy atom. The quantitative estimate of drug-likeness (QED) is 0.640. The largest absolute Gasteiger partial charge is 0.378 e. The summed E-state index contributed by atoms with van der Waals surface area (Å²) in [4.78, 5) is 6.72. The second-order valence-corrected chi connectivity index (χ2v) is 5.99. The van der Waals surface area contributed by atoms with Crippen LogP contribution in [0.1, 0.15) is 5.56 Å². The summed E-state index contributed by atoms with van der Waals surface area (Å²) in [5.41, 5.74) is 5.01. The summed E-state index contributed by atoms with van der Waals surface area (Å²) in [7, 11) is 4.06. The molecule has 4 nitrogen and oxygen atoms in total. The molecule has 0 aliphatic rings. The smallest absolute Gasteiger partial charge is 0.154 e. The van der Waals surface area contributed by atoms with Crippen LogP contribution in [0.15, 0.2) is 43.1 Å². The number of rotatable bonds is 3. The van der Waals surface area contributed by atoms with E-state index in [0.29, 0.717) is 0 Å². The molecule has 0 unspecified atom stereocenters. The van der Waals surface area contributed by atoms with E-state index in [2.05, 4.69) is 68.4 Å². The van der Waals surface area contributed by atoms with E-state index < -0.39 is 0 Å². The molecule has 0 bridgehead atoms. The average Bonchev–Trinajstić information content (AvgIpc) is 2.89. The molecular formula is C16H15IN4. The van der Waals surface area contributed by atoms with E-state index in [1.807, 2.05) is 30.9 Å². The summed E-state index contributed by atoms with van der Waals surface area (Å²) in [5, 5.41) is 4.50. The van der Waals surface area contributed by atoms with Gasteiger partial charge in [0.05, 0.1) is 11.9 Å². The van der Waals surface area contributed by atoms with Crippen molar-refractivity contribution >= 4 is 40.0 Å². The lowest BCUT2D eigenvalue weighted by Crippen LogP contribution is -2.07. The summed E-state index contributed by atoms with van der Waals surface area (Å²) < 4.78 is 2.73. The molecule has 3 aromatic rings. The third kappa shape index (κ3) is 2.65. The zero-order valence-corrected chi connectivity index (χ0v) is 14.1. The normalized spacial score (nSPS) is 10.8. The first-order valence-electron chi connectivity index (χ1n) is 6.54. The minimum absolute atomic E-state index is 0.831. The zero-order valence-electron chi connectivity index (χ0n) is 11.9. The molecule has 0 saturated heterocycles. The molecule has 1 aromatic carbocycles. The number of hydrogen-bond acceptors (Lipinski definition) is 3. The number of benzene rings is 1. The highest BCUT2D eigenvalue weighted by Crippen LogP contribution is 2.23. The highest BCUT2D eigenvalue weighted by Gasteiger charge is 2.08. The van der Waals surface area contributed by atoms with Crippen molar-refractivity contribution < 1.29 is 0 Å². The van der Waals surface area contributed by atoms with Gasteiger partial charge < -0.3 is 4.90 Å². The zero-order chi connectivity index (χ0) is 15.0. The van der Waals surface area contributed by atoms with Crippen molar-refractivity contribution in [3.05, 3.63) is 52.4 Å². The summed E-state index contributed by atoms with van der Waals surface area (Å²) in [6.45, 7) is 3.80. The van der Waals surface area contributed by atoms with Crippen LogP contribution in [0.25, 0.3) is 23.0 Å². The number of fused-ring (bicyclic) bond motifs is 1. The molecule has 0 atom stereocenters. The Morgan fingerprint density at radius 3 is 2.57 bits per heavy atom. The molecule has 0 radical (unpaired) electrons. The van der Waals surface area contributed by atoms with E-state index in [9.17, 15) is 0 Å². The molecule has 2 aromatic heterocycles. The Balaban J connectivity index is 2.06. The van der Waals surface area contributed by atoms with E-state index in [1.165, 1.54) is 5.69 Å². The fourth-order valence-corrected chi connectivity index (χ4v) is 2.74. The Morgan fingerprint density at radius 2 is 1.95 bits per heavy atom.